The van der Waals surface area contributed by atoms with Crippen molar-refractivity contribution < 1.29 is 9.90 Å². The molecule has 0 aliphatic carbocycles. The molecular weight excluding hydrogens is 438 g/mol. The third kappa shape index (κ3) is 5.96. The van der Waals surface area contributed by atoms with Crippen LogP contribution in [0, 0.1) is 0 Å². The van der Waals surface area contributed by atoms with Gasteiger partial charge in [0.25, 0.3) is 0 Å². The van der Waals surface area contributed by atoms with E-state index in [4.69, 9.17) is 11.6 Å². The number of nitrogens with one attached hydrogen (secondary N) is 2. The maximum atomic E-state index is 12.4. The molecule has 0 fully saturated rings. The summed E-state index contributed by atoms with van der Waals surface area (Å²) in [5.74, 6) is 0.380. The molecule has 168 valence electrons. The Hall–Kier alpha value is -3.71. The lowest BCUT2D eigenvalue weighted by molar-refractivity contribution is 0.248. The molecule has 2 aromatic carbocycles. The number of aromatic hydroxyl groups is 1. The number of amides is 2. The van der Waals surface area contributed by atoms with Gasteiger partial charge < -0.3 is 10.4 Å². The molecule has 2 amide bonds. The maximum absolute atomic E-state index is 12.4. The monoisotopic (exact) mass is 461 g/mol. The van der Waals surface area contributed by atoms with E-state index >= 15 is 0 Å². The van der Waals surface area contributed by atoms with Crippen molar-refractivity contribution in [3.8, 4) is 17.0 Å². The Morgan fingerprint density at radius 2 is 1.91 bits per heavy atom. The molecule has 2 aromatic heterocycles. The van der Waals surface area contributed by atoms with Gasteiger partial charge in [0.1, 0.15) is 17.1 Å². The van der Waals surface area contributed by atoms with Crippen molar-refractivity contribution >= 4 is 34.6 Å². The molecule has 7 nitrogen and oxygen atoms in total. The van der Waals surface area contributed by atoms with Crippen molar-refractivity contribution in [1.29, 1.82) is 0 Å². The van der Waals surface area contributed by atoms with Crippen LogP contribution >= 0.6 is 11.6 Å². The first kappa shape index (κ1) is 22.5. The highest BCUT2D eigenvalue weighted by Gasteiger charge is 2.11. The number of hydrogen-bond donors (Lipinski definition) is 3. The molecule has 0 aliphatic rings. The van der Waals surface area contributed by atoms with Crippen LogP contribution in [-0.4, -0.2) is 32.1 Å². The fourth-order valence-corrected chi connectivity index (χ4v) is 3.66. The molecule has 0 bridgehead atoms. The Labute approximate surface area is 196 Å². The molecule has 4 rings (SSSR count). The Balaban J connectivity index is 1.37. The molecule has 3 N–H and O–H groups in total. The first-order valence-corrected chi connectivity index (χ1v) is 11.1. The maximum Gasteiger partial charge on any atom is 0.320 e. The lowest BCUT2D eigenvalue weighted by Crippen LogP contribution is -2.36. The summed E-state index contributed by atoms with van der Waals surface area (Å²) in [4.78, 5) is 25.7. The normalized spacial score (nSPS) is 11.8. The third-order valence-electron chi connectivity index (χ3n) is 5.21. The van der Waals surface area contributed by atoms with Gasteiger partial charge in [-0.25, -0.2) is 14.8 Å². The van der Waals surface area contributed by atoms with Gasteiger partial charge in [-0.2, -0.15) is 0 Å². The number of fused-ring (bicyclic) bond motifs is 1. The molecular formula is C25H24ClN5O2. The summed E-state index contributed by atoms with van der Waals surface area (Å²) in [7, 11) is 0. The summed E-state index contributed by atoms with van der Waals surface area (Å²) in [6.07, 6.45) is 4.45. The number of phenolic OH excluding ortho intramolecular Hbond substituents is 1. The van der Waals surface area contributed by atoms with Gasteiger partial charge in [-0.1, -0.05) is 41.9 Å². The summed E-state index contributed by atoms with van der Waals surface area (Å²) in [6, 6.07) is 18.3. The van der Waals surface area contributed by atoms with Crippen molar-refractivity contribution in [2.24, 2.45) is 0 Å². The van der Waals surface area contributed by atoms with Crippen LogP contribution in [0.15, 0.2) is 66.9 Å². The smallest absolute Gasteiger partial charge is 0.320 e. The Morgan fingerprint density at radius 1 is 1.09 bits per heavy atom. The Bertz CT molecular complexity index is 1270. The second-order valence-electron chi connectivity index (χ2n) is 7.84. The summed E-state index contributed by atoms with van der Waals surface area (Å²) in [5.41, 5.74) is 3.55. The molecule has 0 radical (unpaired) electrons. The van der Waals surface area contributed by atoms with E-state index in [2.05, 4.69) is 37.7 Å². The molecule has 4 aromatic rings. The Morgan fingerprint density at radius 3 is 2.70 bits per heavy atom. The largest absolute Gasteiger partial charge is 0.506 e. The zero-order chi connectivity index (χ0) is 23.2. The number of hydrogen-bond acceptors (Lipinski definition) is 5. The SMILES string of the molecule is C[C@H](CCCc1ccccc1)NC(=O)Nc1ccc2ncc(-c3ccc(O)c(Cl)c3)nc2n1. The highest BCUT2D eigenvalue weighted by atomic mass is 35.5. The highest BCUT2D eigenvalue weighted by molar-refractivity contribution is 6.32. The number of aryl methyl sites for hydroxylation is 1. The number of urea groups is 1. The van der Waals surface area contributed by atoms with E-state index in [1.165, 1.54) is 11.6 Å². The lowest BCUT2D eigenvalue weighted by Gasteiger charge is -2.14. The number of carbonyl (C=O) groups excluding carboxylic acids is 1. The number of pyridine rings is 1. The van der Waals surface area contributed by atoms with E-state index in [1.54, 1.807) is 30.5 Å². The van der Waals surface area contributed by atoms with Crippen LogP contribution in [0.2, 0.25) is 5.02 Å². The fourth-order valence-electron chi connectivity index (χ4n) is 3.48. The minimum Gasteiger partial charge on any atom is -0.506 e. The predicted molar refractivity (Wildman–Crippen MR) is 130 cm³/mol. The van der Waals surface area contributed by atoms with E-state index in [0.717, 1.165) is 19.3 Å². The number of anilines is 1. The summed E-state index contributed by atoms with van der Waals surface area (Å²) in [6.45, 7) is 1.99. The summed E-state index contributed by atoms with van der Waals surface area (Å²) < 4.78 is 0. The number of halogens is 1. The predicted octanol–water partition coefficient (Wildman–Crippen LogP) is 5.58. The minimum absolute atomic E-state index is 0.000849. The first-order chi connectivity index (χ1) is 16.0. The van der Waals surface area contributed by atoms with E-state index in [1.807, 2.05) is 25.1 Å². The highest BCUT2D eigenvalue weighted by Crippen LogP contribution is 2.28. The molecule has 8 heteroatoms. The molecule has 1 atom stereocenters. The number of carbonyl (C=O) groups is 1. The molecule has 0 unspecified atom stereocenters. The number of rotatable bonds is 7. The van der Waals surface area contributed by atoms with Gasteiger partial charge in [-0.3, -0.25) is 10.3 Å². The van der Waals surface area contributed by atoms with Crippen molar-refractivity contribution in [3.05, 3.63) is 77.4 Å². The van der Waals surface area contributed by atoms with Gasteiger partial charge in [0, 0.05) is 11.6 Å². The second-order valence-corrected chi connectivity index (χ2v) is 8.25. The van der Waals surface area contributed by atoms with Crippen molar-refractivity contribution in [2.45, 2.75) is 32.2 Å². The molecule has 0 aliphatic heterocycles. The van der Waals surface area contributed by atoms with Crippen molar-refractivity contribution in [1.82, 2.24) is 20.3 Å². The molecule has 0 saturated carbocycles. The van der Waals surface area contributed by atoms with Gasteiger partial charge in [0.15, 0.2) is 5.65 Å². The van der Waals surface area contributed by atoms with Crippen LogP contribution in [0.1, 0.15) is 25.3 Å². The summed E-state index contributed by atoms with van der Waals surface area (Å²) in [5, 5.41) is 15.6. The van der Waals surface area contributed by atoms with Crippen LogP contribution in [0.5, 0.6) is 5.75 Å². The van der Waals surface area contributed by atoms with E-state index < -0.39 is 0 Å². The molecule has 0 spiro atoms. The van der Waals surface area contributed by atoms with E-state index in [-0.39, 0.29) is 22.8 Å². The van der Waals surface area contributed by atoms with Gasteiger partial charge in [0.2, 0.25) is 0 Å². The van der Waals surface area contributed by atoms with Crippen LogP contribution < -0.4 is 10.6 Å². The standard InChI is InChI=1S/C25H24ClN5O2/c1-16(6-5-9-17-7-3-2-4-8-17)28-25(33)31-23-13-11-20-24(30-23)29-21(15-27-20)18-10-12-22(32)19(26)14-18/h2-4,7-8,10-16,32H,5-6,9H2,1H3,(H2,28,29,30,31,33)/t16-/m1/s1. The van der Waals surface area contributed by atoms with Gasteiger partial charge in [-0.15, -0.1) is 0 Å². The zero-order valence-corrected chi connectivity index (χ0v) is 18.9. The number of aromatic nitrogens is 3. The molecule has 33 heavy (non-hydrogen) atoms. The number of nitrogens with zero attached hydrogens (tertiary/aromatic N) is 3. The van der Waals surface area contributed by atoms with E-state index in [0.29, 0.717) is 28.2 Å². The lowest BCUT2D eigenvalue weighted by atomic mass is 10.1. The van der Waals surface area contributed by atoms with Crippen molar-refractivity contribution in [3.63, 3.8) is 0 Å². The van der Waals surface area contributed by atoms with Crippen LogP contribution in [0.4, 0.5) is 10.6 Å². The van der Waals surface area contributed by atoms with Crippen LogP contribution in [0.25, 0.3) is 22.4 Å². The summed E-state index contributed by atoms with van der Waals surface area (Å²) >= 11 is 6.00. The number of phenols is 1. The first-order valence-electron chi connectivity index (χ1n) is 10.7. The molecule has 0 saturated heterocycles. The van der Waals surface area contributed by atoms with Gasteiger partial charge in [0.05, 0.1) is 16.9 Å². The second kappa shape index (κ2) is 10.3. The number of benzene rings is 2. The van der Waals surface area contributed by atoms with Gasteiger partial charge in [-0.05, 0) is 62.1 Å². The van der Waals surface area contributed by atoms with Crippen LogP contribution in [-0.2, 0) is 6.42 Å². The zero-order valence-electron chi connectivity index (χ0n) is 18.1. The average Bonchev–Trinajstić information content (AvgIpc) is 2.81. The fraction of sp³-hybridized carbons (Fsp3) is 0.200. The Kier molecular flexibility index (Phi) is 7.00. The average molecular weight is 462 g/mol. The van der Waals surface area contributed by atoms with Crippen LogP contribution in [0.3, 0.4) is 0 Å². The molecule has 2 heterocycles. The third-order valence-corrected chi connectivity index (χ3v) is 5.52. The topological polar surface area (TPSA) is 100 Å². The minimum atomic E-state index is -0.316. The van der Waals surface area contributed by atoms with Crippen molar-refractivity contribution in [2.75, 3.05) is 5.32 Å². The quantitative estimate of drug-likeness (QED) is 0.333. The van der Waals surface area contributed by atoms with Gasteiger partial charge >= 0.3 is 6.03 Å². The van der Waals surface area contributed by atoms with E-state index in [9.17, 15) is 9.90 Å².